The summed E-state index contributed by atoms with van der Waals surface area (Å²) in [5, 5.41) is 4.15. The van der Waals surface area contributed by atoms with Gasteiger partial charge in [-0.3, -0.25) is 0 Å². The van der Waals surface area contributed by atoms with Crippen molar-refractivity contribution in [2.75, 3.05) is 11.8 Å². The molecule has 1 aromatic heterocycles. The molecule has 2 saturated heterocycles. The van der Waals surface area contributed by atoms with Crippen molar-refractivity contribution in [1.82, 2.24) is 4.98 Å². The minimum absolute atomic E-state index is 0.539. The van der Waals surface area contributed by atoms with Crippen LogP contribution in [0, 0.1) is 0 Å². The topological polar surface area (TPSA) is 61.8 Å². The number of halogens is 1. The number of benzene rings is 4. The molecule has 2 fully saturated rings. The van der Waals surface area contributed by atoms with Gasteiger partial charge in [0.05, 0.1) is 0 Å². The van der Waals surface area contributed by atoms with E-state index in [-0.39, 0.29) is 0 Å². The molecular weight excluding hydrogens is 603 g/mol. The highest BCUT2D eigenvalue weighted by molar-refractivity contribution is 7.67. The number of hydrogen-bond donors (Lipinski definition) is 1. The van der Waals surface area contributed by atoms with Crippen LogP contribution in [0.3, 0.4) is 0 Å². The second-order valence-corrected chi connectivity index (χ2v) is 14.6. The van der Waals surface area contributed by atoms with Crippen LogP contribution in [0.5, 0.6) is 0 Å². The van der Waals surface area contributed by atoms with E-state index in [2.05, 4.69) is 58.6 Å². The molecule has 2 atom stereocenters. The molecule has 3 heterocycles. The average Bonchev–Trinajstić information content (AvgIpc) is 3.36. The van der Waals surface area contributed by atoms with Crippen LogP contribution < -0.4 is 5.09 Å². The molecule has 0 saturated carbocycles. The van der Waals surface area contributed by atoms with Crippen molar-refractivity contribution in [3.05, 3.63) is 167 Å². The van der Waals surface area contributed by atoms with Gasteiger partial charge in [0, 0.05) is 17.3 Å². The van der Waals surface area contributed by atoms with Gasteiger partial charge in [0.15, 0.2) is 22.8 Å². The molecule has 5 aromatic rings. The van der Waals surface area contributed by atoms with Crippen LogP contribution in [-0.2, 0) is 29.7 Å². The number of aromatic nitrogens is 1. The summed E-state index contributed by atoms with van der Waals surface area (Å²) in [6.45, 7) is 5.89. The smallest absolute Gasteiger partial charge is 0.340 e. The predicted molar refractivity (Wildman–Crippen MR) is 179 cm³/mol. The molecular formula is C37H35ClN2O4P+. The molecule has 0 amide bonds. The molecule has 7 rings (SSSR count). The number of nitrogens with one attached hydrogen (secondary N) is 1. The Labute approximate surface area is 269 Å². The first kappa shape index (κ1) is 30.1. The summed E-state index contributed by atoms with van der Waals surface area (Å²) < 4.78 is 29.3. The van der Waals surface area contributed by atoms with Gasteiger partial charge in [0.25, 0.3) is 0 Å². The zero-order valence-electron chi connectivity index (χ0n) is 25.3. The lowest BCUT2D eigenvalue weighted by Crippen LogP contribution is -2.53. The Hall–Kier alpha value is -3.61. The monoisotopic (exact) mass is 637 g/mol. The van der Waals surface area contributed by atoms with Crippen molar-refractivity contribution in [1.29, 1.82) is 0 Å². The first-order valence-electron chi connectivity index (χ1n) is 15.0. The molecule has 6 nitrogen and oxygen atoms in total. The molecule has 0 bridgehead atoms. The molecule has 45 heavy (non-hydrogen) atoms. The van der Waals surface area contributed by atoms with Gasteiger partial charge in [0.1, 0.15) is 18.9 Å². The average molecular weight is 638 g/mol. The lowest BCUT2D eigenvalue weighted by Gasteiger charge is -2.39. The summed E-state index contributed by atoms with van der Waals surface area (Å²) in [5.41, 5.74) is 1.33. The molecule has 2 aliphatic rings. The molecule has 0 aliphatic carbocycles. The second kappa shape index (κ2) is 11.6. The first-order valence-corrected chi connectivity index (χ1v) is 17.4. The van der Waals surface area contributed by atoms with E-state index in [4.69, 9.17) is 30.1 Å². The molecule has 1 N–H and O–H groups in total. The number of ether oxygens (including phenoxy) is 2. The fourth-order valence-corrected chi connectivity index (χ4v) is 9.25. The minimum Gasteiger partial charge on any atom is -0.340 e. The van der Waals surface area contributed by atoms with Gasteiger partial charge in [-0.2, -0.15) is 14.1 Å². The van der Waals surface area contributed by atoms with E-state index in [0.29, 0.717) is 10.8 Å². The molecule has 228 valence electrons. The number of pyridine rings is 1. The van der Waals surface area contributed by atoms with Crippen LogP contribution in [0.1, 0.15) is 36.1 Å². The Morgan fingerprint density at radius 3 is 1.36 bits per heavy atom. The molecule has 2 aliphatic heterocycles. The van der Waals surface area contributed by atoms with Gasteiger partial charge in [0.2, 0.25) is 0 Å². The Balaban J connectivity index is 1.58. The third-order valence-electron chi connectivity index (χ3n) is 8.38. The van der Waals surface area contributed by atoms with Gasteiger partial charge in [-0.25, -0.2) is 4.98 Å². The summed E-state index contributed by atoms with van der Waals surface area (Å²) in [7, 11) is -3.18. The summed E-state index contributed by atoms with van der Waals surface area (Å²) >= 11 is 6.46. The molecule has 8 heteroatoms. The lowest BCUT2D eigenvalue weighted by molar-refractivity contribution is -0.174. The molecule has 0 unspecified atom stereocenters. The van der Waals surface area contributed by atoms with Crippen LogP contribution in [0.15, 0.2) is 140 Å². The van der Waals surface area contributed by atoms with E-state index in [1.165, 1.54) is 0 Å². The van der Waals surface area contributed by atoms with Crippen LogP contribution in [-0.4, -0.2) is 29.6 Å². The number of fused-ring (bicyclic) bond motifs is 1. The highest BCUT2D eigenvalue weighted by Gasteiger charge is 2.72. The van der Waals surface area contributed by atoms with E-state index in [0.717, 1.165) is 22.3 Å². The Bertz CT molecular complexity index is 1580. The first-order chi connectivity index (χ1) is 21.7. The number of hydrogen-bond acceptors (Lipinski definition) is 6. The van der Waals surface area contributed by atoms with E-state index in [9.17, 15) is 0 Å². The highest BCUT2D eigenvalue weighted by Crippen LogP contribution is 2.72. The van der Waals surface area contributed by atoms with Gasteiger partial charge >= 0.3 is 7.87 Å². The SMILES string of the molecule is CC1(C)O[C@H]2[C@H](O1)C(c1ccccc1)(c1ccccc1)O[P+](C)(Nc1cc(Cl)ccn1)OC2(c1ccccc1)c1ccccc1. The van der Waals surface area contributed by atoms with Crippen LogP contribution in [0.4, 0.5) is 5.82 Å². The van der Waals surface area contributed by atoms with Crippen molar-refractivity contribution in [2.24, 2.45) is 0 Å². The number of nitrogens with zero attached hydrogens (tertiary/aromatic N) is 1. The Morgan fingerprint density at radius 2 is 1.00 bits per heavy atom. The quantitative estimate of drug-likeness (QED) is 0.188. The van der Waals surface area contributed by atoms with Crippen molar-refractivity contribution < 1.29 is 18.5 Å². The van der Waals surface area contributed by atoms with E-state index in [1.807, 2.05) is 93.3 Å². The fourth-order valence-electron chi connectivity index (χ4n) is 6.69. The summed E-state index contributed by atoms with van der Waals surface area (Å²) in [5.74, 6) is -0.419. The second-order valence-electron chi connectivity index (χ2n) is 11.9. The van der Waals surface area contributed by atoms with Gasteiger partial charge in [-0.15, -0.1) is 0 Å². The van der Waals surface area contributed by atoms with Crippen LogP contribution in [0.2, 0.25) is 5.02 Å². The van der Waals surface area contributed by atoms with Crippen molar-refractivity contribution in [3.63, 3.8) is 0 Å². The van der Waals surface area contributed by atoms with Crippen LogP contribution >= 0.6 is 19.5 Å². The Kier molecular flexibility index (Phi) is 7.77. The van der Waals surface area contributed by atoms with Crippen molar-refractivity contribution >= 4 is 25.3 Å². The van der Waals surface area contributed by atoms with Crippen LogP contribution in [0.25, 0.3) is 0 Å². The fraction of sp³-hybridized carbons (Fsp3) is 0.216. The number of rotatable bonds is 6. The zero-order valence-corrected chi connectivity index (χ0v) is 27.0. The summed E-state index contributed by atoms with van der Waals surface area (Å²) in [6, 6.07) is 44.4. The van der Waals surface area contributed by atoms with Crippen molar-refractivity contribution in [2.45, 2.75) is 43.0 Å². The lowest BCUT2D eigenvalue weighted by atomic mass is 9.72. The summed E-state index contributed by atoms with van der Waals surface area (Å²) in [6.07, 6.45) is 0.351. The standard InChI is InChI=1S/C37H35ClN2O4P/c1-35(2)41-33-34(42-35)37(29-20-12-6-13-21-29,30-22-14-7-15-23-30)44-45(3,40-32-26-31(38)24-25-39-32)43-36(33,27-16-8-4-9-17-27)28-18-10-5-11-19-28/h4-26,33-34H,1-3H3,(H,39,40)/q+1/t33-,34-/m0/s1. The zero-order chi connectivity index (χ0) is 31.1. The van der Waals surface area contributed by atoms with E-state index < -0.39 is 37.1 Å². The largest absolute Gasteiger partial charge is 0.370 e. The highest BCUT2D eigenvalue weighted by atomic mass is 35.5. The maximum atomic E-state index is 7.60. The maximum Gasteiger partial charge on any atom is 0.370 e. The molecule has 4 aromatic carbocycles. The van der Waals surface area contributed by atoms with Gasteiger partial charge in [-0.05, 0) is 42.2 Å². The summed E-state index contributed by atoms with van der Waals surface area (Å²) in [4.78, 5) is 4.60. The van der Waals surface area contributed by atoms with Gasteiger partial charge < -0.3 is 9.47 Å². The Morgan fingerprint density at radius 1 is 0.622 bits per heavy atom. The molecule has 0 spiro atoms. The predicted octanol–water partition coefficient (Wildman–Crippen LogP) is 8.99. The van der Waals surface area contributed by atoms with E-state index >= 15 is 0 Å². The van der Waals surface area contributed by atoms with Crippen molar-refractivity contribution in [3.8, 4) is 0 Å². The third-order valence-corrected chi connectivity index (χ3v) is 10.5. The third kappa shape index (κ3) is 5.36. The maximum absolute atomic E-state index is 7.60. The van der Waals surface area contributed by atoms with Gasteiger partial charge in [-0.1, -0.05) is 133 Å². The molecule has 0 radical (unpaired) electrons. The minimum atomic E-state index is -3.18. The normalized spacial score (nSPS) is 22.6. The van der Waals surface area contributed by atoms with E-state index in [1.54, 1.807) is 18.3 Å². The number of anilines is 1.